The van der Waals surface area contributed by atoms with Crippen LogP contribution in [0.3, 0.4) is 0 Å². The van der Waals surface area contributed by atoms with E-state index in [0.717, 1.165) is 6.07 Å². The van der Waals surface area contributed by atoms with E-state index in [4.69, 9.17) is 4.74 Å². The van der Waals surface area contributed by atoms with Crippen molar-refractivity contribution in [1.82, 2.24) is 15.1 Å². The van der Waals surface area contributed by atoms with Gasteiger partial charge in [0.25, 0.3) is 29.5 Å². The zero-order chi connectivity index (χ0) is 31.1. The Hall–Kier alpha value is -3.51. The van der Waals surface area contributed by atoms with Gasteiger partial charge in [0.1, 0.15) is 0 Å². The molecule has 3 amide bonds. The highest BCUT2D eigenvalue weighted by molar-refractivity contribution is 6.08. The first kappa shape index (κ1) is 31.4. The first-order valence-corrected chi connectivity index (χ1v) is 13.3. The van der Waals surface area contributed by atoms with Crippen LogP contribution in [-0.4, -0.2) is 95.3 Å². The van der Waals surface area contributed by atoms with Crippen LogP contribution in [0.2, 0.25) is 0 Å². The number of carbonyl (C=O) groups excluding carboxylic acids is 3. The van der Waals surface area contributed by atoms with E-state index in [2.05, 4.69) is 5.32 Å². The first-order chi connectivity index (χ1) is 19.7. The maximum atomic E-state index is 13.2. The lowest BCUT2D eigenvalue weighted by molar-refractivity contribution is -0.302. The van der Waals surface area contributed by atoms with E-state index >= 15 is 0 Å². The molecule has 2 aromatic rings. The number of ether oxygens (including phenoxy) is 1. The molecule has 3 aliphatic rings. The second-order valence-corrected chi connectivity index (χ2v) is 9.81. The van der Waals surface area contributed by atoms with Gasteiger partial charge < -0.3 is 45.8 Å². The smallest absolute Gasteiger partial charge is 0.283 e. The maximum absolute atomic E-state index is 13.2. The predicted molar refractivity (Wildman–Crippen MR) is 142 cm³/mol. The van der Waals surface area contributed by atoms with Crippen molar-refractivity contribution in [3.8, 4) is 0 Å². The Morgan fingerprint density at radius 2 is 1.55 bits per heavy atom. The van der Waals surface area contributed by atoms with Gasteiger partial charge in [-0.05, 0) is 18.2 Å². The summed E-state index contributed by atoms with van der Waals surface area (Å²) < 4.78 is 5.22. The lowest BCUT2D eigenvalue weighted by Gasteiger charge is -2.42. The molecule has 15 nitrogen and oxygen atoms in total. The van der Waals surface area contributed by atoms with Crippen molar-refractivity contribution in [2.45, 2.75) is 50.1 Å². The maximum Gasteiger partial charge on any atom is 0.283 e. The normalized spacial score (nSPS) is 22.7. The summed E-state index contributed by atoms with van der Waals surface area (Å²) in [6.07, 6.45) is -1.01. The zero-order valence-corrected chi connectivity index (χ0v) is 22.9. The predicted octanol–water partition coefficient (Wildman–Crippen LogP) is -1.98. The molecule has 228 valence electrons. The highest BCUT2D eigenvalue weighted by Crippen LogP contribution is 2.45. The Morgan fingerprint density at radius 1 is 0.929 bits per heavy atom. The summed E-state index contributed by atoms with van der Waals surface area (Å²) >= 11 is 0. The average Bonchev–Trinajstić information content (AvgIpc) is 3.18. The number of nitrogens with zero attached hydrogens (tertiary/aromatic N) is 2. The number of rotatable bonds is 6. The Morgan fingerprint density at radius 3 is 2.19 bits per heavy atom. The number of hydrogen-bond donors (Lipinski definition) is 9. The van der Waals surface area contributed by atoms with E-state index in [1.54, 1.807) is 0 Å². The van der Waals surface area contributed by atoms with E-state index in [-0.39, 0.29) is 53.6 Å². The van der Waals surface area contributed by atoms with Gasteiger partial charge in [0.2, 0.25) is 11.6 Å². The van der Waals surface area contributed by atoms with Gasteiger partial charge in [-0.3, -0.25) is 19.7 Å². The standard InChI is InChI=1S/C25H28N4O11.C2H6/c30-18-7-8-22(33,21(32)26-18)29-20(31)16-5-2-6-17(19(16)25(29,38)39)27-23(34,35)14-3-1-4-15(13-14)24(36,37)28-9-11-40-12-10-28;1-2/h1-6,13,27,33-39H,7-12H2,(H,26,30,32);1-2H3. The quantitative estimate of drug-likeness (QED) is 0.131. The fraction of sp³-hybridized carbons (Fsp3) is 0.444. The summed E-state index contributed by atoms with van der Waals surface area (Å²) in [7, 11) is 0. The summed E-state index contributed by atoms with van der Waals surface area (Å²) in [4.78, 5) is 38.7. The number of amides is 3. The highest BCUT2D eigenvalue weighted by atomic mass is 16.5. The molecule has 0 aliphatic carbocycles. The number of fused-ring (bicyclic) bond motifs is 1. The highest BCUT2D eigenvalue weighted by Gasteiger charge is 2.62. The number of imide groups is 1. The molecule has 1 atom stereocenters. The van der Waals surface area contributed by atoms with E-state index < -0.39 is 59.6 Å². The topological polar surface area (TPSA) is 233 Å². The molecule has 1 unspecified atom stereocenters. The first-order valence-electron chi connectivity index (χ1n) is 13.3. The lowest BCUT2D eigenvalue weighted by Crippen LogP contribution is -2.67. The van der Waals surface area contributed by atoms with Crippen LogP contribution < -0.4 is 10.6 Å². The largest absolute Gasteiger partial charge is 0.379 e. The van der Waals surface area contributed by atoms with Gasteiger partial charge in [0.05, 0.1) is 24.3 Å². The van der Waals surface area contributed by atoms with Gasteiger partial charge in [-0.15, -0.1) is 0 Å². The summed E-state index contributed by atoms with van der Waals surface area (Å²) in [6, 6.07) is 8.71. The van der Waals surface area contributed by atoms with Crippen molar-refractivity contribution in [1.29, 1.82) is 0 Å². The minimum absolute atomic E-state index is 0.0976. The molecule has 42 heavy (non-hydrogen) atoms. The molecule has 0 bridgehead atoms. The Bertz CT molecular complexity index is 1370. The fourth-order valence-corrected chi connectivity index (χ4v) is 5.16. The Balaban J connectivity index is 0.00000198. The molecule has 2 fully saturated rings. The molecule has 0 saturated carbocycles. The molecule has 15 heteroatoms. The number of benzene rings is 2. The third kappa shape index (κ3) is 5.26. The van der Waals surface area contributed by atoms with Crippen LogP contribution in [0.15, 0.2) is 42.5 Å². The fourth-order valence-electron chi connectivity index (χ4n) is 5.16. The minimum atomic E-state index is -3.33. The number of aliphatic hydroxyl groups is 7. The third-order valence-corrected chi connectivity index (χ3v) is 7.25. The van der Waals surface area contributed by atoms with Gasteiger partial charge in [-0.25, -0.2) is 9.80 Å². The number of morpholine rings is 1. The summed E-state index contributed by atoms with van der Waals surface area (Å²) in [6.45, 7) is 4.93. The second-order valence-electron chi connectivity index (χ2n) is 9.81. The van der Waals surface area contributed by atoms with Crippen molar-refractivity contribution in [2.24, 2.45) is 0 Å². The van der Waals surface area contributed by atoms with Crippen LogP contribution in [-0.2, 0) is 32.1 Å². The molecule has 5 rings (SSSR count). The van der Waals surface area contributed by atoms with Crippen molar-refractivity contribution < 1.29 is 54.9 Å². The number of nitrogens with one attached hydrogen (secondary N) is 2. The Kier molecular flexibility index (Phi) is 8.45. The van der Waals surface area contributed by atoms with E-state index in [1.165, 1.54) is 41.3 Å². The molecule has 3 heterocycles. The minimum Gasteiger partial charge on any atom is -0.379 e. The summed E-state index contributed by atoms with van der Waals surface area (Å²) in [5.74, 6) is -12.0. The van der Waals surface area contributed by atoms with Crippen LogP contribution in [0.1, 0.15) is 53.7 Å². The van der Waals surface area contributed by atoms with E-state index in [1.807, 2.05) is 19.2 Å². The number of piperidine rings is 1. The molecule has 0 aromatic heterocycles. The van der Waals surface area contributed by atoms with Crippen molar-refractivity contribution >= 4 is 23.4 Å². The number of anilines is 1. The van der Waals surface area contributed by atoms with E-state index in [0.29, 0.717) is 0 Å². The number of hydrogen-bond acceptors (Lipinski definition) is 13. The zero-order valence-electron chi connectivity index (χ0n) is 22.9. The van der Waals surface area contributed by atoms with Crippen molar-refractivity contribution in [3.05, 3.63) is 64.7 Å². The second kappa shape index (κ2) is 11.3. The van der Waals surface area contributed by atoms with Crippen LogP contribution in [0, 0.1) is 0 Å². The molecule has 0 spiro atoms. The van der Waals surface area contributed by atoms with Crippen LogP contribution in [0.25, 0.3) is 0 Å². The lowest BCUT2D eigenvalue weighted by atomic mass is 9.99. The molecule has 2 saturated heterocycles. The molecule has 9 N–H and O–H groups in total. The van der Waals surface area contributed by atoms with Gasteiger partial charge in [0, 0.05) is 42.7 Å². The molecule has 3 aliphatic heterocycles. The third-order valence-electron chi connectivity index (χ3n) is 7.25. The molecular formula is C27H34N4O11. The average molecular weight is 591 g/mol. The number of carbonyl (C=O) groups is 3. The van der Waals surface area contributed by atoms with Crippen LogP contribution in [0.4, 0.5) is 5.69 Å². The van der Waals surface area contributed by atoms with Crippen LogP contribution in [0.5, 0.6) is 0 Å². The molecular weight excluding hydrogens is 556 g/mol. The molecule has 0 radical (unpaired) electrons. The SMILES string of the molecule is CC.O=C1CCC(O)(N2C(=O)c3cccc(NC(O)(O)c4cccc(C(O)(O)N5CCOCC5)c4)c3C2(O)O)C(=O)N1. The van der Waals surface area contributed by atoms with Crippen molar-refractivity contribution in [3.63, 3.8) is 0 Å². The van der Waals surface area contributed by atoms with Gasteiger partial charge in [-0.1, -0.05) is 38.1 Å². The van der Waals surface area contributed by atoms with Gasteiger partial charge in [-0.2, -0.15) is 0 Å². The van der Waals surface area contributed by atoms with Gasteiger partial charge in [0.15, 0.2) is 0 Å². The van der Waals surface area contributed by atoms with Crippen molar-refractivity contribution in [2.75, 3.05) is 31.6 Å². The monoisotopic (exact) mass is 590 g/mol. The van der Waals surface area contributed by atoms with Gasteiger partial charge >= 0.3 is 0 Å². The summed E-state index contributed by atoms with van der Waals surface area (Å²) in [5.41, 5.74) is -4.55. The van der Waals surface area contributed by atoms with Crippen LogP contribution >= 0.6 is 0 Å². The molecule has 2 aromatic carbocycles. The Labute approximate surface area is 240 Å². The van der Waals surface area contributed by atoms with E-state index in [9.17, 15) is 50.1 Å². The summed E-state index contributed by atoms with van der Waals surface area (Å²) in [5, 5.41) is 80.8.